The van der Waals surface area contributed by atoms with Gasteiger partial charge in [-0.3, -0.25) is 10.1 Å². The molecule has 0 fully saturated rings. The number of carbonyl (C=O) groups is 1. The number of halogens is 2. The number of hydrogen-bond donors (Lipinski definition) is 2. The van der Waals surface area contributed by atoms with Crippen molar-refractivity contribution in [1.29, 1.82) is 0 Å². The zero-order chi connectivity index (χ0) is 13.0. The zero-order valence-electron chi connectivity index (χ0n) is 8.18. The van der Waals surface area contributed by atoms with Crippen molar-refractivity contribution in [2.75, 3.05) is 5.32 Å². The number of nitro groups is 1. The van der Waals surface area contributed by atoms with Crippen molar-refractivity contribution in [3.05, 3.63) is 50.5 Å². The van der Waals surface area contributed by atoms with E-state index in [2.05, 4.69) is 21.2 Å². The van der Waals surface area contributed by atoms with Crippen LogP contribution in [0.2, 0.25) is 0 Å². The highest BCUT2D eigenvalue weighted by Crippen LogP contribution is 2.24. The lowest BCUT2D eigenvalue weighted by Crippen LogP contribution is -2.03. The molecule has 0 radical (unpaired) electrons. The molecule has 0 heterocycles. The Morgan fingerprint density at radius 2 is 2.24 bits per heavy atom. The highest BCUT2D eigenvalue weighted by atomic mass is 79.9. The fourth-order valence-corrected chi connectivity index (χ4v) is 1.37. The summed E-state index contributed by atoms with van der Waals surface area (Å²) in [6.07, 6.45) is 1.49. The van der Waals surface area contributed by atoms with Crippen molar-refractivity contribution >= 4 is 27.6 Å². The van der Waals surface area contributed by atoms with E-state index in [1.165, 1.54) is 0 Å². The minimum Gasteiger partial charge on any atom is -0.478 e. The number of benzene rings is 1. The molecule has 0 aliphatic rings. The standard InChI is InChI=1S/C9H6BrFN2O4/c10-6-3-5(9(14)15)8(4-7(6)11)12-1-2-13(16)17/h1-4,12H,(H,14,15). The summed E-state index contributed by atoms with van der Waals surface area (Å²) < 4.78 is 13.2. The van der Waals surface area contributed by atoms with E-state index < -0.39 is 16.7 Å². The topological polar surface area (TPSA) is 92.5 Å². The molecule has 0 aliphatic carbocycles. The molecule has 1 aromatic rings. The first-order valence-corrected chi connectivity index (χ1v) is 5.00. The second kappa shape index (κ2) is 5.39. The van der Waals surface area contributed by atoms with Gasteiger partial charge >= 0.3 is 5.97 Å². The van der Waals surface area contributed by atoms with Crippen LogP contribution >= 0.6 is 15.9 Å². The van der Waals surface area contributed by atoms with Crippen LogP contribution in [0, 0.1) is 15.9 Å². The molecule has 0 saturated heterocycles. The van der Waals surface area contributed by atoms with E-state index in [1.807, 2.05) is 0 Å². The summed E-state index contributed by atoms with van der Waals surface area (Å²) in [5.74, 6) is -1.95. The van der Waals surface area contributed by atoms with Gasteiger partial charge in [0.2, 0.25) is 6.20 Å². The minimum atomic E-state index is -1.28. The van der Waals surface area contributed by atoms with Crippen LogP contribution in [-0.4, -0.2) is 16.0 Å². The molecule has 0 spiro atoms. The summed E-state index contributed by atoms with van der Waals surface area (Å²) in [7, 11) is 0. The van der Waals surface area contributed by atoms with Crippen molar-refractivity contribution in [3.63, 3.8) is 0 Å². The van der Waals surface area contributed by atoms with Gasteiger partial charge < -0.3 is 10.4 Å². The maximum absolute atomic E-state index is 13.2. The van der Waals surface area contributed by atoms with Crippen molar-refractivity contribution in [1.82, 2.24) is 0 Å². The second-order valence-electron chi connectivity index (χ2n) is 2.86. The summed E-state index contributed by atoms with van der Waals surface area (Å²) >= 11 is 2.85. The number of rotatable bonds is 4. The van der Waals surface area contributed by atoms with Gasteiger partial charge in [0.25, 0.3) is 0 Å². The molecular weight excluding hydrogens is 299 g/mol. The molecule has 0 unspecified atom stereocenters. The van der Waals surface area contributed by atoms with Crippen molar-refractivity contribution in [2.24, 2.45) is 0 Å². The number of hydrogen-bond acceptors (Lipinski definition) is 4. The average Bonchev–Trinajstić information content (AvgIpc) is 2.22. The Bertz CT molecular complexity index is 504. The van der Waals surface area contributed by atoms with Crippen LogP contribution in [0.4, 0.5) is 10.1 Å². The van der Waals surface area contributed by atoms with Gasteiger partial charge in [0.1, 0.15) is 5.82 Å². The predicted octanol–water partition coefficient (Wildman–Crippen LogP) is 2.45. The molecule has 0 aromatic heterocycles. The lowest BCUT2D eigenvalue weighted by Gasteiger charge is -2.06. The fraction of sp³-hybridized carbons (Fsp3) is 0. The number of nitrogens with zero attached hydrogens (tertiary/aromatic N) is 1. The van der Waals surface area contributed by atoms with E-state index >= 15 is 0 Å². The van der Waals surface area contributed by atoms with Crippen LogP contribution in [0.25, 0.3) is 0 Å². The van der Waals surface area contributed by atoms with E-state index in [0.29, 0.717) is 6.20 Å². The Kier molecular flexibility index (Phi) is 4.16. The van der Waals surface area contributed by atoms with Gasteiger partial charge in [-0.15, -0.1) is 0 Å². The molecule has 1 rings (SSSR count). The number of nitrogens with one attached hydrogen (secondary N) is 1. The lowest BCUT2D eigenvalue weighted by atomic mass is 10.2. The van der Waals surface area contributed by atoms with Gasteiger partial charge in [0.15, 0.2) is 0 Å². The van der Waals surface area contributed by atoms with Gasteiger partial charge in [-0.2, -0.15) is 0 Å². The van der Waals surface area contributed by atoms with Crippen LogP contribution in [0.15, 0.2) is 29.0 Å². The third-order valence-corrected chi connectivity index (χ3v) is 2.33. The van der Waals surface area contributed by atoms with E-state index in [0.717, 1.165) is 18.3 Å². The van der Waals surface area contributed by atoms with Gasteiger partial charge in [0, 0.05) is 0 Å². The first-order chi connectivity index (χ1) is 7.91. The molecule has 0 aliphatic heterocycles. The minimum absolute atomic E-state index is 0.00120. The SMILES string of the molecule is O=C(O)c1cc(Br)c(F)cc1NC=C[N+](=O)[O-]. The Morgan fingerprint density at radius 3 is 2.76 bits per heavy atom. The predicted molar refractivity (Wildman–Crippen MR) is 60.8 cm³/mol. The van der Waals surface area contributed by atoms with E-state index in [4.69, 9.17) is 5.11 Å². The number of aromatic carboxylic acids is 1. The number of anilines is 1. The highest BCUT2D eigenvalue weighted by molar-refractivity contribution is 9.10. The molecule has 1 aromatic carbocycles. The fourth-order valence-electron chi connectivity index (χ4n) is 1.03. The Morgan fingerprint density at radius 1 is 1.59 bits per heavy atom. The molecule has 2 N–H and O–H groups in total. The smallest absolute Gasteiger partial charge is 0.337 e. The van der Waals surface area contributed by atoms with Gasteiger partial charge in [-0.25, -0.2) is 9.18 Å². The summed E-state index contributed by atoms with van der Waals surface area (Å²) in [4.78, 5) is 20.1. The van der Waals surface area contributed by atoms with Crippen LogP contribution in [-0.2, 0) is 0 Å². The molecule has 0 bridgehead atoms. The quantitative estimate of drug-likeness (QED) is 0.658. The Labute approximate surface area is 103 Å². The average molecular weight is 305 g/mol. The maximum Gasteiger partial charge on any atom is 0.337 e. The Balaban J connectivity index is 3.08. The van der Waals surface area contributed by atoms with Gasteiger partial charge in [-0.05, 0) is 28.1 Å². The Hall–Kier alpha value is -1.96. The van der Waals surface area contributed by atoms with Crippen LogP contribution in [0.3, 0.4) is 0 Å². The summed E-state index contributed by atoms with van der Waals surface area (Å²) in [6, 6.07) is 2.00. The number of carboxylic acids is 1. The summed E-state index contributed by atoms with van der Waals surface area (Å²) in [5.41, 5.74) is -0.275. The first-order valence-electron chi connectivity index (χ1n) is 4.21. The molecule has 90 valence electrons. The molecule has 0 amide bonds. The lowest BCUT2D eigenvalue weighted by molar-refractivity contribution is -0.402. The van der Waals surface area contributed by atoms with Crippen LogP contribution in [0.1, 0.15) is 10.4 Å². The molecule has 8 heteroatoms. The molecule has 6 nitrogen and oxygen atoms in total. The molecule has 0 saturated carbocycles. The monoisotopic (exact) mass is 304 g/mol. The highest BCUT2D eigenvalue weighted by Gasteiger charge is 2.13. The van der Waals surface area contributed by atoms with Crippen molar-refractivity contribution in [3.8, 4) is 0 Å². The summed E-state index contributed by atoms with van der Waals surface area (Å²) in [5, 5.41) is 21.2. The largest absolute Gasteiger partial charge is 0.478 e. The van der Waals surface area contributed by atoms with Crippen LogP contribution < -0.4 is 5.32 Å². The van der Waals surface area contributed by atoms with Gasteiger partial charge in [-0.1, -0.05) is 0 Å². The van der Waals surface area contributed by atoms with Crippen LogP contribution in [0.5, 0.6) is 0 Å². The normalized spacial score (nSPS) is 10.5. The third kappa shape index (κ3) is 3.52. The summed E-state index contributed by atoms with van der Waals surface area (Å²) in [6.45, 7) is 0. The van der Waals surface area contributed by atoms with E-state index in [1.54, 1.807) is 0 Å². The second-order valence-corrected chi connectivity index (χ2v) is 3.72. The molecular formula is C9H6BrFN2O4. The van der Waals surface area contributed by atoms with Gasteiger partial charge in [0.05, 0.1) is 26.8 Å². The molecule has 0 atom stereocenters. The third-order valence-electron chi connectivity index (χ3n) is 1.73. The van der Waals surface area contributed by atoms with Crippen molar-refractivity contribution < 1.29 is 19.2 Å². The van der Waals surface area contributed by atoms with E-state index in [9.17, 15) is 19.3 Å². The molecule has 17 heavy (non-hydrogen) atoms. The van der Waals surface area contributed by atoms with Crippen molar-refractivity contribution in [2.45, 2.75) is 0 Å². The zero-order valence-corrected chi connectivity index (χ0v) is 9.77. The first kappa shape index (κ1) is 13.1. The maximum atomic E-state index is 13.2. The van der Waals surface area contributed by atoms with E-state index in [-0.39, 0.29) is 15.7 Å². The number of carboxylic acid groups (broad SMARTS) is 1.